The fraction of sp³-hybridized carbons (Fsp3) is 0.294. The summed E-state index contributed by atoms with van der Waals surface area (Å²) < 4.78 is 10.8. The van der Waals surface area contributed by atoms with Crippen molar-refractivity contribution in [3.63, 3.8) is 0 Å². The lowest BCUT2D eigenvalue weighted by atomic mass is 10.2. The molecule has 0 bridgehead atoms. The molecule has 0 spiro atoms. The Labute approximate surface area is 129 Å². The van der Waals surface area contributed by atoms with Gasteiger partial charge in [0, 0.05) is 30.1 Å². The Morgan fingerprint density at radius 1 is 1.32 bits per heavy atom. The fourth-order valence-electron chi connectivity index (χ4n) is 2.37. The van der Waals surface area contributed by atoms with Crippen LogP contribution in [-0.2, 0) is 16.1 Å². The SMILES string of the molecule is CC1CC(Nc2ccc(OCc3cccnc3)cc2)C(=O)O1. The highest BCUT2D eigenvalue weighted by Gasteiger charge is 2.31. The molecule has 0 saturated carbocycles. The van der Waals surface area contributed by atoms with Crippen molar-refractivity contribution < 1.29 is 14.3 Å². The van der Waals surface area contributed by atoms with Gasteiger partial charge in [-0.15, -0.1) is 0 Å². The Balaban J connectivity index is 1.55. The van der Waals surface area contributed by atoms with Crippen LogP contribution >= 0.6 is 0 Å². The molecule has 1 aromatic carbocycles. The number of esters is 1. The van der Waals surface area contributed by atoms with E-state index in [9.17, 15) is 4.79 Å². The molecule has 0 amide bonds. The number of ether oxygens (including phenoxy) is 2. The maximum absolute atomic E-state index is 11.6. The molecule has 3 rings (SSSR count). The molecule has 2 unspecified atom stereocenters. The van der Waals surface area contributed by atoms with Crippen molar-refractivity contribution in [1.82, 2.24) is 4.98 Å². The Bertz CT molecular complexity index is 628. The third kappa shape index (κ3) is 3.55. The summed E-state index contributed by atoms with van der Waals surface area (Å²) in [5, 5.41) is 3.18. The van der Waals surface area contributed by atoms with E-state index in [0.29, 0.717) is 13.0 Å². The van der Waals surface area contributed by atoms with Gasteiger partial charge in [-0.3, -0.25) is 4.98 Å². The van der Waals surface area contributed by atoms with Crippen LogP contribution in [0.2, 0.25) is 0 Å². The number of cyclic esters (lactones) is 1. The van der Waals surface area contributed by atoms with Crippen LogP contribution in [0.4, 0.5) is 5.69 Å². The predicted octanol–water partition coefficient (Wildman–Crippen LogP) is 2.78. The van der Waals surface area contributed by atoms with Crippen LogP contribution in [-0.4, -0.2) is 23.1 Å². The molecular formula is C17H18N2O3. The lowest BCUT2D eigenvalue weighted by Gasteiger charge is -2.11. The number of rotatable bonds is 5. The minimum absolute atomic E-state index is 0.0212. The van der Waals surface area contributed by atoms with Gasteiger partial charge in [-0.1, -0.05) is 6.07 Å². The topological polar surface area (TPSA) is 60.5 Å². The number of nitrogens with one attached hydrogen (secondary N) is 1. The fourth-order valence-corrected chi connectivity index (χ4v) is 2.37. The van der Waals surface area contributed by atoms with Crippen LogP contribution < -0.4 is 10.1 Å². The maximum atomic E-state index is 11.6. The minimum atomic E-state index is -0.267. The smallest absolute Gasteiger partial charge is 0.328 e. The first kappa shape index (κ1) is 14.4. The maximum Gasteiger partial charge on any atom is 0.328 e. The minimum Gasteiger partial charge on any atom is -0.489 e. The Morgan fingerprint density at radius 2 is 2.14 bits per heavy atom. The Morgan fingerprint density at radius 3 is 2.77 bits per heavy atom. The zero-order chi connectivity index (χ0) is 15.4. The molecule has 1 fully saturated rings. The number of nitrogens with zero attached hydrogens (tertiary/aromatic N) is 1. The van der Waals surface area contributed by atoms with Crippen molar-refractivity contribution in [1.29, 1.82) is 0 Å². The highest BCUT2D eigenvalue weighted by molar-refractivity contribution is 5.81. The summed E-state index contributed by atoms with van der Waals surface area (Å²) in [6, 6.07) is 11.1. The quantitative estimate of drug-likeness (QED) is 0.860. The van der Waals surface area contributed by atoms with Crippen LogP contribution in [0.5, 0.6) is 5.75 Å². The van der Waals surface area contributed by atoms with Crippen molar-refractivity contribution in [2.45, 2.75) is 32.1 Å². The zero-order valence-corrected chi connectivity index (χ0v) is 12.4. The number of aromatic nitrogens is 1. The molecule has 1 saturated heterocycles. The first-order chi connectivity index (χ1) is 10.7. The number of hydrogen-bond donors (Lipinski definition) is 1. The van der Waals surface area contributed by atoms with Gasteiger partial charge in [0.15, 0.2) is 0 Å². The van der Waals surface area contributed by atoms with Gasteiger partial charge in [0.2, 0.25) is 0 Å². The van der Waals surface area contributed by atoms with Gasteiger partial charge in [0.05, 0.1) is 0 Å². The van der Waals surface area contributed by atoms with E-state index in [1.165, 1.54) is 0 Å². The normalized spacial score (nSPS) is 20.5. The van der Waals surface area contributed by atoms with Gasteiger partial charge in [-0.25, -0.2) is 4.79 Å². The summed E-state index contributed by atoms with van der Waals surface area (Å²) in [6.07, 6.45) is 4.19. The van der Waals surface area contributed by atoms with Gasteiger partial charge in [-0.05, 0) is 37.3 Å². The second kappa shape index (κ2) is 6.47. The van der Waals surface area contributed by atoms with E-state index in [-0.39, 0.29) is 18.1 Å². The molecule has 1 aromatic heterocycles. The molecule has 114 valence electrons. The van der Waals surface area contributed by atoms with E-state index in [1.807, 2.05) is 43.3 Å². The van der Waals surface area contributed by atoms with Crippen molar-refractivity contribution in [2.75, 3.05) is 5.32 Å². The van der Waals surface area contributed by atoms with E-state index in [4.69, 9.17) is 9.47 Å². The molecule has 5 nitrogen and oxygen atoms in total. The van der Waals surface area contributed by atoms with Gasteiger partial charge in [0.25, 0.3) is 0 Å². The van der Waals surface area contributed by atoms with Gasteiger partial charge < -0.3 is 14.8 Å². The van der Waals surface area contributed by atoms with Gasteiger partial charge in [-0.2, -0.15) is 0 Å². The second-order valence-corrected chi connectivity index (χ2v) is 5.35. The van der Waals surface area contributed by atoms with Crippen LogP contribution in [0.3, 0.4) is 0 Å². The molecule has 1 aliphatic rings. The first-order valence-electron chi connectivity index (χ1n) is 7.29. The second-order valence-electron chi connectivity index (χ2n) is 5.35. The molecule has 0 radical (unpaired) electrons. The summed E-state index contributed by atoms with van der Waals surface area (Å²) in [4.78, 5) is 15.6. The van der Waals surface area contributed by atoms with E-state index in [2.05, 4.69) is 10.3 Å². The van der Waals surface area contributed by atoms with E-state index in [0.717, 1.165) is 17.0 Å². The number of anilines is 1. The van der Waals surface area contributed by atoms with Crippen molar-refractivity contribution >= 4 is 11.7 Å². The van der Waals surface area contributed by atoms with Crippen LogP contribution in [0.25, 0.3) is 0 Å². The summed E-state index contributed by atoms with van der Waals surface area (Å²) in [6.45, 7) is 2.38. The molecule has 2 atom stereocenters. The van der Waals surface area contributed by atoms with Crippen molar-refractivity contribution in [2.24, 2.45) is 0 Å². The zero-order valence-electron chi connectivity index (χ0n) is 12.4. The number of pyridine rings is 1. The molecule has 2 heterocycles. The van der Waals surface area contributed by atoms with Crippen LogP contribution in [0.15, 0.2) is 48.8 Å². The molecule has 0 aliphatic carbocycles. The molecule has 22 heavy (non-hydrogen) atoms. The number of carbonyl (C=O) groups is 1. The third-order valence-corrected chi connectivity index (χ3v) is 3.49. The average molecular weight is 298 g/mol. The van der Waals surface area contributed by atoms with E-state index in [1.54, 1.807) is 12.4 Å². The molecule has 5 heteroatoms. The lowest BCUT2D eigenvalue weighted by Crippen LogP contribution is -2.24. The van der Waals surface area contributed by atoms with Gasteiger partial charge >= 0.3 is 5.97 Å². The van der Waals surface area contributed by atoms with E-state index >= 15 is 0 Å². The van der Waals surface area contributed by atoms with Crippen LogP contribution in [0.1, 0.15) is 18.9 Å². The summed E-state index contributed by atoms with van der Waals surface area (Å²) in [5.74, 6) is 0.584. The van der Waals surface area contributed by atoms with Crippen molar-refractivity contribution in [3.8, 4) is 5.75 Å². The Hall–Kier alpha value is -2.56. The van der Waals surface area contributed by atoms with E-state index < -0.39 is 0 Å². The lowest BCUT2D eigenvalue weighted by molar-refractivity contribution is -0.141. The van der Waals surface area contributed by atoms with Gasteiger partial charge in [0.1, 0.15) is 24.5 Å². The summed E-state index contributed by atoms with van der Waals surface area (Å²) in [7, 11) is 0. The monoisotopic (exact) mass is 298 g/mol. The number of hydrogen-bond acceptors (Lipinski definition) is 5. The highest BCUT2D eigenvalue weighted by atomic mass is 16.6. The molecular weight excluding hydrogens is 280 g/mol. The third-order valence-electron chi connectivity index (χ3n) is 3.49. The highest BCUT2D eigenvalue weighted by Crippen LogP contribution is 2.21. The standard InChI is InChI=1S/C17H18N2O3/c1-12-9-16(17(20)22-12)19-14-4-6-15(7-5-14)21-11-13-3-2-8-18-10-13/h2-8,10,12,16,19H,9,11H2,1H3. The summed E-state index contributed by atoms with van der Waals surface area (Å²) in [5.41, 5.74) is 1.90. The molecule has 1 N–H and O–H groups in total. The summed E-state index contributed by atoms with van der Waals surface area (Å²) >= 11 is 0. The largest absolute Gasteiger partial charge is 0.489 e. The average Bonchev–Trinajstić information content (AvgIpc) is 2.85. The van der Waals surface area contributed by atoms with Crippen molar-refractivity contribution in [3.05, 3.63) is 54.4 Å². The molecule has 2 aromatic rings. The predicted molar refractivity (Wildman–Crippen MR) is 82.6 cm³/mol. The first-order valence-corrected chi connectivity index (χ1v) is 7.29. The van der Waals surface area contributed by atoms with Crippen LogP contribution in [0, 0.1) is 0 Å². The molecule has 1 aliphatic heterocycles. The number of benzene rings is 1. The Kier molecular flexibility index (Phi) is 4.23. The number of carbonyl (C=O) groups excluding carboxylic acids is 1.